The van der Waals surface area contributed by atoms with Crippen LogP contribution >= 0.6 is 0 Å². The van der Waals surface area contributed by atoms with E-state index in [0.717, 1.165) is 33.4 Å². The number of rotatable bonds is 8. The van der Waals surface area contributed by atoms with Crippen molar-refractivity contribution in [3.63, 3.8) is 0 Å². The Kier molecular flexibility index (Phi) is 7.67. The molecule has 1 aromatic heterocycles. The Labute approximate surface area is 215 Å². The molecule has 0 bridgehead atoms. The third-order valence-electron chi connectivity index (χ3n) is 6.30. The smallest absolute Gasteiger partial charge is 0.338 e. The number of hydrogen-bond acceptors (Lipinski definition) is 6. The van der Waals surface area contributed by atoms with E-state index in [1.54, 1.807) is 35.9 Å². The Hall–Kier alpha value is -4.46. The predicted octanol–water partition coefficient (Wildman–Crippen LogP) is 4.93. The van der Waals surface area contributed by atoms with E-state index in [1.807, 2.05) is 56.3 Å². The maximum atomic E-state index is 12.7. The Morgan fingerprint density at radius 1 is 0.973 bits per heavy atom. The maximum Gasteiger partial charge on any atom is 0.338 e. The number of methoxy groups -OCH3 is 1. The highest BCUT2D eigenvalue weighted by molar-refractivity contribution is 6.04. The molecule has 1 amide bonds. The molecule has 0 fully saturated rings. The number of fused-ring (bicyclic) bond motifs is 1. The van der Waals surface area contributed by atoms with Crippen molar-refractivity contribution in [3.05, 3.63) is 89.2 Å². The molecule has 0 spiro atoms. The minimum Gasteiger partial charge on any atom is -0.469 e. The third-order valence-corrected chi connectivity index (χ3v) is 6.30. The molecular weight excluding hydrogens is 470 g/mol. The topological polar surface area (TPSA) is 99.5 Å². The van der Waals surface area contributed by atoms with Gasteiger partial charge in [-0.1, -0.05) is 36.4 Å². The highest BCUT2D eigenvalue weighted by atomic mass is 16.5. The zero-order valence-corrected chi connectivity index (χ0v) is 21.3. The minimum atomic E-state index is -0.987. The SMILES string of the molecule is COC(=O)CCc1c(C)nn(-c2ccc(C(=O)OC(C)C(=O)Nc3cccc4ccccc34)cc2)c1C. The second-order valence-corrected chi connectivity index (χ2v) is 8.75. The van der Waals surface area contributed by atoms with Gasteiger partial charge in [0.25, 0.3) is 5.91 Å². The number of aryl methyl sites for hydroxylation is 1. The van der Waals surface area contributed by atoms with Gasteiger partial charge in [0, 0.05) is 23.2 Å². The molecule has 1 unspecified atom stereocenters. The molecular formula is C29H29N3O5. The monoisotopic (exact) mass is 499 g/mol. The molecule has 0 saturated heterocycles. The van der Waals surface area contributed by atoms with Crippen LogP contribution in [0.25, 0.3) is 16.5 Å². The summed E-state index contributed by atoms with van der Waals surface area (Å²) in [6.45, 7) is 5.37. The van der Waals surface area contributed by atoms with E-state index >= 15 is 0 Å². The lowest BCUT2D eigenvalue weighted by atomic mass is 10.1. The Morgan fingerprint density at radius 2 is 1.68 bits per heavy atom. The van der Waals surface area contributed by atoms with E-state index in [0.29, 0.717) is 17.7 Å². The van der Waals surface area contributed by atoms with Gasteiger partial charge in [0.1, 0.15) is 0 Å². The summed E-state index contributed by atoms with van der Waals surface area (Å²) in [6.07, 6.45) is -0.173. The first-order chi connectivity index (χ1) is 17.8. The van der Waals surface area contributed by atoms with E-state index in [2.05, 4.69) is 10.4 Å². The third kappa shape index (κ3) is 5.69. The van der Waals surface area contributed by atoms with Gasteiger partial charge in [-0.25, -0.2) is 9.48 Å². The predicted molar refractivity (Wildman–Crippen MR) is 141 cm³/mol. The average Bonchev–Trinajstić information content (AvgIpc) is 3.20. The van der Waals surface area contributed by atoms with Gasteiger partial charge in [-0.05, 0) is 68.5 Å². The summed E-state index contributed by atoms with van der Waals surface area (Å²) in [5.41, 5.74) is 4.47. The molecule has 3 aromatic carbocycles. The fraction of sp³-hybridized carbons (Fsp3) is 0.241. The van der Waals surface area contributed by atoms with Crippen LogP contribution < -0.4 is 5.32 Å². The first kappa shape index (κ1) is 25.6. The maximum absolute atomic E-state index is 12.7. The summed E-state index contributed by atoms with van der Waals surface area (Å²) >= 11 is 0. The van der Waals surface area contributed by atoms with Crippen LogP contribution in [0.4, 0.5) is 5.69 Å². The Balaban J connectivity index is 1.41. The van der Waals surface area contributed by atoms with Gasteiger partial charge >= 0.3 is 11.9 Å². The van der Waals surface area contributed by atoms with Crippen LogP contribution in [0.5, 0.6) is 0 Å². The number of aromatic nitrogens is 2. The summed E-state index contributed by atoms with van der Waals surface area (Å²) in [7, 11) is 1.37. The molecule has 8 nitrogen and oxygen atoms in total. The number of hydrogen-bond donors (Lipinski definition) is 1. The molecule has 8 heteroatoms. The molecule has 0 aliphatic heterocycles. The first-order valence-corrected chi connectivity index (χ1v) is 12.0. The number of carbonyl (C=O) groups is 3. The van der Waals surface area contributed by atoms with Gasteiger partial charge in [0.15, 0.2) is 6.10 Å². The van der Waals surface area contributed by atoms with Gasteiger partial charge in [-0.3, -0.25) is 9.59 Å². The lowest BCUT2D eigenvalue weighted by molar-refractivity contribution is -0.140. The molecule has 0 aliphatic rings. The van der Waals surface area contributed by atoms with Gasteiger partial charge in [0.2, 0.25) is 0 Å². The van der Waals surface area contributed by atoms with E-state index < -0.39 is 18.0 Å². The van der Waals surface area contributed by atoms with Crippen LogP contribution in [0.3, 0.4) is 0 Å². The molecule has 37 heavy (non-hydrogen) atoms. The fourth-order valence-electron chi connectivity index (χ4n) is 4.21. The van der Waals surface area contributed by atoms with Crippen LogP contribution in [-0.4, -0.2) is 40.8 Å². The Morgan fingerprint density at radius 3 is 2.41 bits per heavy atom. The normalized spacial score (nSPS) is 11.7. The Bertz CT molecular complexity index is 1450. The summed E-state index contributed by atoms with van der Waals surface area (Å²) < 4.78 is 11.9. The van der Waals surface area contributed by atoms with Crippen molar-refractivity contribution in [2.75, 3.05) is 12.4 Å². The number of nitrogens with zero attached hydrogens (tertiary/aromatic N) is 2. The van der Waals surface area contributed by atoms with Crippen LogP contribution in [-0.2, 0) is 25.5 Å². The molecule has 0 aliphatic carbocycles. The van der Waals surface area contributed by atoms with Crippen LogP contribution in [0, 0.1) is 13.8 Å². The van der Waals surface area contributed by atoms with Gasteiger partial charge in [-0.15, -0.1) is 0 Å². The highest BCUT2D eigenvalue weighted by Crippen LogP contribution is 2.24. The zero-order chi connectivity index (χ0) is 26.5. The van der Waals surface area contributed by atoms with E-state index in [1.165, 1.54) is 7.11 Å². The quantitative estimate of drug-likeness (QED) is 0.345. The number of benzene rings is 3. The number of ether oxygens (including phenoxy) is 2. The first-order valence-electron chi connectivity index (χ1n) is 12.0. The van der Waals surface area contributed by atoms with E-state index in [-0.39, 0.29) is 12.4 Å². The molecule has 1 N–H and O–H groups in total. The van der Waals surface area contributed by atoms with E-state index in [9.17, 15) is 14.4 Å². The summed E-state index contributed by atoms with van der Waals surface area (Å²) in [5, 5.41) is 9.35. The van der Waals surface area contributed by atoms with Crippen molar-refractivity contribution >= 4 is 34.3 Å². The largest absolute Gasteiger partial charge is 0.469 e. The standard InChI is InChI=1S/C29H29N3O5/c1-18-24(16-17-27(33)36-4)19(2)32(31-18)23-14-12-22(13-15-23)29(35)37-20(3)28(34)30-26-11-7-9-21-8-5-6-10-25(21)26/h5-15,20H,16-17H2,1-4H3,(H,30,34). The van der Waals surface area contributed by atoms with Crippen molar-refractivity contribution in [1.29, 1.82) is 0 Å². The van der Waals surface area contributed by atoms with E-state index in [4.69, 9.17) is 9.47 Å². The molecule has 4 aromatic rings. The van der Waals surface area contributed by atoms with Gasteiger partial charge in [-0.2, -0.15) is 5.10 Å². The molecule has 0 saturated carbocycles. The van der Waals surface area contributed by atoms with Crippen molar-refractivity contribution in [1.82, 2.24) is 9.78 Å². The summed E-state index contributed by atoms with van der Waals surface area (Å²) in [6, 6.07) is 20.2. The second-order valence-electron chi connectivity index (χ2n) is 8.75. The number of carbonyl (C=O) groups excluding carboxylic acids is 3. The van der Waals surface area contributed by atoms with Crippen molar-refractivity contribution < 1.29 is 23.9 Å². The molecule has 1 heterocycles. The van der Waals surface area contributed by atoms with Crippen molar-refractivity contribution in [3.8, 4) is 5.69 Å². The number of nitrogens with one attached hydrogen (secondary N) is 1. The highest BCUT2D eigenvalue weighted by Gasteiger charge is 2.20. The molecule has 1 atom stereocenters. The lowest BCUT2D eigenvalue weighted by Crippen LogP contribution is -2.30. The van der Waals surface area contributed by atoms with Crippen molar-refractivity contribution in [2.45, 2.75) is 39.7 Å². The second kappa shape index (κ2) is 11.1. The summed E-state index contributed by atoms with van der Waals surface area (Å²) in [5.74, 6) is -1.28. The lowest BCUT2D eigenvalue weighted by Gasteiger charge is -2.15. The van der Waals surface area contributed by atoms with Crippen LogP contribution in [0.1, 0.15) is 40.7 Å². The minimum absolute atomic E-state index is 0.269. The molecule has 4 rings (SSSR count). The fourth-order valence-corrected chi connectivity index (χ4v) is 4.21. The van der Waals surface area contributed by atoms with Crippen LogP contribution in [0.2, 0.25) is 0 Å². The molecule has 0 radical (unpaired) electrons. The van der Waals surface area contributed by atoms with Crippen molar-refractivity contribution in [2.24, 2.45) is 0 Å². The average molecular weight is 500 g/mol. The number of esters is 2. The molecule has 190 valence electrons. The van der Waals surface area contributed by atoms with Gasteiger partial charge < -0.3 is 14.8 Å². The van der Waals surface area contributed by atoms with Crippen LogP contribution in [0.15, 0.2) is 66.7 Å². The van der Waals surface area contributed by atoms with Gasteiger partial charge in [0.05, 0.1) is 24.1 Å². The number of amides is 1. The summed E-state index contributed by atoms with van der Waals surface area (Å²) in [4.78, 5) is 37.0. The number of anilines is 1. The zero-order valence-electron chi connectivity index (χ0n) is 21.3.